The van der Waals surface area contributed by atoms with Crippen molar-refractivity contribution in [2.45, 2.75) is 71.1 Å². The Morgan fingerprint density at radius 2 is 1.76 bits per heavy atom. The van der Waals surface area contributed by atoms with Crippen LogP contribution < -0.4 is 5.32 Å². The van der Waals surface area contributed by atoms with Gasteiger partial charge in [-0.1, -0.05) is 43.7 Å². The molecule has 4 N–H and O–H groups in total. The molecule has 0 fully saturated rings. The molecule has 2 aromatic carbocycles. The number of nitrogens with zero attached hydrogens (tertiary/aromatic N) is 2. The molecule has 3 rings (SSSR count). The molecule has 200 valence electrons. The van der Waals surface area contributed by atoms with E-state index in [-0.39, 0.29) is 59.9 Å². The molecule has 0 aliphatic heterocycles. The number of nitrogens with one attached hydrogen (secondary N) is 1. The van der Waals surface area contributed by atoms with E-state index in [9.17, 15) is 24.2 Å². The van der Waals surface area contributed by atoms with Crippen molar-refractivity contribution in [3.05, 3.63) is 82.4 Å². The maximum absolute atomic E-state index is 13.6. The average Bonchev–Trinajstić information content (AvgIpc) is 3.21. The molecule has 8 nitrogen and oxygen atoms in total. The molecule has 0 radical (unpaired) electrons. The van der Waals surface area contributed by atoms with Crippen LogP contribution in [-0.4, -0.2) is 78.7 Å². The second-order valence-electron chi connectivity index (χ2n) is 9.60. The number of carboxylic acids is 1. The van der Waals surface area contributed by atoms with E-state index in [2.05, 4.69) is 10.4 Å². The molecule has 3 aromatic rings. The topological polar surface area (TPSA) is 125 Å². The second-order valence-corrected chi connectivity index (χ2v) is 9.60. The summed E-state index contributed by atoms with van der Waals surface area (Å²) in [5.41, 5.74) is 4.27. The van der Waals surface area contributed by atoms with Crippen LogP contribution >= 0.6 is 0 Å². The van der Waals surface area contributed by atoms with Gasteiger partial charge < -0.3 is 20.6 Å². The van der Waals surface area contributed by atoms with E-state index in [4.69, 9.17) is 5.11 Å². The summed E-state index contributed by atoms with van der Waals surface area (Å²) in [6.07, 6.45) is -2.13. The minimum absolute atomic E-state index is 0. The normalized spacial score (nSPS) is 12.6. The van der Waals surface area contributed by atoms with Crippen LogP contribution in [0.15, 0.2) is 48.5 Å². The van der Waals surface area contributed by atoms with Crippen molar-refractivity contribution in [1.29, 1.82) is 0 Å². The van der Waals surface area contributed by atoms with E-state index in [1.807, 2.05) is 45.0 Å². The first kappa shape index (κ1) is 31.7. The standard InChI is InChI=1S/C28H34FN3O5.Na.H/c1-17(2)26-24(12-11-22(33)14-23(34)15-25(35)36)32(21-9-7-20(29)8-10-21)31-27(26)28(37)30-16-19-6-4-5-18(3)13-19;;/h4-10,13,17,22-23,33-34H,11-12,14-16H2,1-3H3,(H,30,37)(H,35,36);;/t22-,23-;;/m1../s1. The van der Waals surface area contributed by atoms with Crippen molar-refractivity contribution in [2.75, 3.05) is 0 Å². The van der Waals surface area contributed by atoms with Crippen LogP contribution in [0.4, 0.5) is 4.39 Å². The van der Waals surface area contributed by atoms with Crippen molar-refractivity contribution >= 4 is 41.4 Å². The number of aryl methyl sites for hydroxylation is 1. The number of hydrogen-bond acceptors (Lipinski definition) is 5. The molecule has 1 heterocycles. The van der Waals surface area contributed by atoms with Crippen molar-refractivity contribution in [2.24, 2.45) is 0 Å². The molecular weight excluding hydrogens is 500 g/mol. The third kappa shape index (κ3) is 8.74. The third-order valence-corrected chi connectivity index (χ3v) is 6.09. The number of aromatic nitrogens is 2. The number of aliphatic hydroxyl groups excluding tert-OH is 2. The zero-order valence-electron chi connectivity index (χ0n) is 21.3. The molecule has 0 saturated heterocycles. The molecule has 38 heavy (non-hydrogen) atoms. The van der Waals surface area contributed by atoms with E-state index in [0.717, 1.165) is 11.1 Å². The van der Waals surface area contributed by atoms with Gasteiger partial charge in [0.25, 0.3) is 5.91 Å². The third-order valence-electron chi connectivity index (χ3n) is 6.09. The van der Waals surface area contributed by atoms with Gasteiger partial charge in [0.2, 0.25) is 0 Å². The summed E-state index contributed by atoms with van der Waals surface area (Å²) in [6, 6.07) is 13.6. The Hall–Kier alpha value is -2.56. The van der Waals surface area contributed by atoms with Gasteiger partial charge in [0.15, 0.2) is 5.69 Å². The summed E-state index contributed by atoms with van der Waals surface area (Å²) in [7, 11) is 0. The van der Waals surface area contributed by atoms with Crippen LogP contribution in [0.2, 0.25) is 0 Å². The number of amides is 1. The molecule has 10 heteroatoms. The van der Waals surface area contributed by atoms with Crippen molar-refractivity contribution in [3.8, 4) is 5.69 Å². The number of carbonyl (C=O) groups is 2. The van der Waals surface area contributed by atoms with E-state index in [1.165, 1.54) is 12.1 Å². The first-order valence-electron chi connectivity index (χ1n) is 12.3. The van der Waals surface area contributed by atoms with Gasteiger partial charge in [-0.2, -0.15) is 5.10 Å². The molecule has 0 spiro atoms. The van der Waals surface area contributed by atoms with Crippen LogP contribution in [0, 0.1) is 12.7 Å². The van der Waals surface area contributed by atoms with Gasteiger partial charge in [0, 0.05) is 17.8 Å². The Balaban J connectivity index is 0.00000507. The van der Waals surface area contributed by atoms with Gasteiger partial charge in [-0.15, -0.1) is 0 Å². The summed E-state index contributed by atoms with van der Waals surface area (Å²) in [5, 5.41) is 36.7. The maximum atomic E-state index is 13.6. The van der Waals surface area contributed by atoms with Crippen LogP contribution in [0.1, 0.15) is 71.9 Å². The molecule has 0 aliphatic carbocycles. The van der Waals surface area contributed by atoms with Gasteiger partial charge >= 0.3 is 35.5 Å². The summed E-state index contributed by atoms with van der Waals surface area (Å²) < 4.78 is 15.2. The van der Waals surface area contributed by atoms with Crippen LogP contribution in [0.25, 0.3) is 5.69 Å². The minimum atomic E-state index is -1.16. The molecule has 1 aromatic heterocycles. The molecule has 2 atom stereocenters. The summed E-state index contributed by atoms with van der Waals surface area (Å²) in [6.45, 7) is 6.20. The zero-order chi connectivity index (χ0) is 27.1. The number of aliphatic carboxylic acids is 1. The van der Waals surface area contributed by atoms with Gasteiger partial charge in [0.05, 0.1) is 24.3 Å². The molecule has 0 unspecified atom stereocenters. The number of rotatable bonds is 12. The van der Waals surface area contributed by atoms with Gasteiger partial charge in [-0.3, -0.25) is 9.59 Å². The van der Waals surface area contributed by atoms with Crippen LogP contribution in [0.3, 0.4) is 0 Å². The molecular formula is C28H35FN3NaO5. The number of aliphatic hydroxyl groups is 2. The molecule has 0 saturated carbocycles. The molecule has 1 amide bonds. The number of carbonyl (C=O) groups excluding carboxylic acids is 1. The second kappa shape index (κ2) is 14.6. The predicted octanol–water partition coefficient (Wildman–Crippen LogP) is 3.24. The Morgan fingerprint density at radius 3 is 2.37 bits per heavy atom. The van der Waals surface area contributed by atoms with Crippen LogP contribution in [-0.2, 0) is 17.8 Å². The van der Waals surface area contributed by atoms with Crippen molar-refractivity contribution < 1.29 is 29.3 Å². The SMILES string of the molecule is Cc1cccc(CNC(=O)c2nn(-c3ccc(F)cc3)c(CC[C@@H](O)C[C@@H](O)CC(=O)O)c2C(C)C)c1.[NaH]. The number of carboxylic acid groups (broad SMARTS) is 1. The number of halogens is 1. The van der Waals surface area contributed by atoms with Crippen molar-refractivity contribution in [3.63, 3.8) is 0 Å². The molecule has 0 bridgehead atoms. The first-order valence-corrected chi connectivity index (χ1v) is 12.3. The van der Waals surface area contributed by atoms with E-state index in [0.29, 0.717) is 29.9 Å². The van der Waals surface area contributed by atoms with Crippen LogP contribution in [0.5, 0.6) is 0 Å². The van der Waals surface area contributed by atoms with E-state index in [1.54, 1.807) is 16.8 Å². The monoisotopic (exact) mass is 535 g/mol. The summed E-state index contributed by atoms with van der Waals surface area (Å²) in [4.78, 5) is 24.1. The number of hydrogen-bond donors (Lipinski definition) is 4. The van der Waals surface area contributed by atoms with Gasteiger partial charge in [-0.25, -0.2) is 9.07 Å². The quantitative estimate of drug-likeness (QED) is 0.264. The first-order chi connectivity index (χ1) is 17.5. The zero-order valence-corrected chi connectivity index (χ0v) is 21.3. The fourth-order valence-electron chi connectivity index (χ4n) is 4.38. The Kier molecular flexibility index (Phi) is 12.1. The fourth-order valence-corrected chi connectivity index (χ4v) is 4.38. The van der Waals surface area contributed by atoms with E-state index >= 15 is 0 Å². The van der Waals surface area contributed by atoms with Gasteiger partial charge in [0.1, 0.15) is 5.82 Å². The summed E-state index contributed by atoms with van der Waals surface area (Å²) >= 11 is 0. The predicted molar refractivity (Wildman–Crippen MR) is 144 cm³/mol. The van der Waals surface area contributed by atoms with E-state index < -0.39 is 30.4 Å². The molecule has 0 aliphatic rings. The Bertz CT molecular complexity index is 1230. The summed E-state index contributed by atoms with van der Waals surface area (Å²) in [5.74, 6) is -1.97. The fraction of sp³-hybridized carbons (Fsp3) is 0.393. The Morgan fingerprint density at radius 1 is 1.08 bits per heavy atom. The average molecular weight is 536 g/mol. The van der Waals surface area contributed by atoms with Crippen molar-refractivity contribution in [1.82, 2.24) is 15.1 Å². The number of benzene rings is 2. The van der Waals surface area contributed by atoms with Gasteiger partial charge in [-0.05, 0) is 61.9 Å². The Labute approximate surface area is 244 Å².